The maximum atomic E-state index is 10.7. The van der Waals surface area contributed by atoms with Crippen LogP contribution in [0.3, 0.4) is 0 Å². The Morgan fingerprint density at radius 2 is 2.25 bits per heavy atom. The topological polar surface area (TPSA) is 64.5 Å². The van der Waals surface area contributed by atoms with E-state index in [0.717, 1.165) is 36.4 Å². The Morgan fingerprint density at radius 3 is 2.95 bits per heavy atom. The molecule has 2 saturated heterocycles. The van der Waals surface area contributed by atoms with Gasteiger partial charge in [0, 0.05) is 19.6 Å². The third-order valence-electron chi connectivity index (χ3n) is 4.40. The van der Waals surface area contributed by atoms with E-state index in [2.05, 4.69) is 23.4 Å². The SMILES string of the molecule is CC(C)c1nnsc1C(O)C1CCOC2(CCOC2)C1. The monoisotopic (exact) mass is 298 g/mol. The molecule has 0 bridgehead atoms. The molecule has 1 aromatic heterocycles. The molecule has 0 aromatic carbocycles. The molecule has 6 heteroatoms. The summed E-state index contributed by atoms with van der Waals surface area (Å²) in [5.74, 6) is 0.507. The summed E-state index contributed by atoms with van der Waals surface area (Å²) in [6.07, 6.45) is 2.21. The van der Waals surface area contributed by atoms with Gasteiger partial charge in [-0.2, -0.15) is 0 Å². The average molecular weight is 298 g/mol. The normalized spacial score (nSPS) is 32.1. The fourth-order valence-corrected chi connectivity index (χ4v) is 4.11. The number of nitrogens with zero attached hydrogens (tertiary/aromatic N) is 2. The summed E-state index contributed by atoms with van der Waals surface area (Å²) >= 11 is 1.33. The molecule has 1 N–H and O–H groups in total. The lowest BCUT2D eigenvalue weighted by atomic mass is 9.81. The minimum atomic E-state index is -0.478. The van der Waals surface area contributed by atoms with E-state index in [4.69, 9.17) is 9.47 Å². The number of hydrogen-bond donors (Lipinski definition) is 1. The molecule has 1 aromatic rings. The summed E-state index contributed by atoms with van der Waals surface area (Å²) in [7, 11) is 0. The highest BCUT2D eigenvalue weighted by molar-refractivity contribution is 7.05. The van der Waals surface area contributed by atoms with Gasteiger partial charge in [-0.3, -0.25) is 0 Å². The highest BCUT2D eigenvalue weighted by atomic mass is 32.1. The summed E-state index contributed by atoms with van der Waals surface area (Å²) in [6.45, 7) is 6.30. The van der Waals surface area contributed by atoms with Crippen molar-refractivity contribution in [3.05, 3.63) is 10.6 Å². The lowest BCUT2D eigenvalue weighted by Crippen LogP contribution is -2.41. The van der Waals surface area contributed by atoms with Crippen LogP contribution in [0.15, 0.2) is 0 Å². The van der Waals surface area contributed by atoms with Crippen LogP contribution in [0.1, 0.15) is 55.7 Å². The Labute approximate surface area is 123 Å². The number of hydrogen-bond acceptors (Lipinski definition) is 6. The molecule has 3 heterocycles. The second kappa shape index (κ2) is 5.67. The standard InChI is InChI=1S/C14H22N2O3S/c1-9(2)11-13(20-16-15-11)12(17)10-3-5-19-14(7-10)4-6-18-8-14/h9-10,12,17H,3-8H2,1-2H3. The minimum absolute atomic E-state index is 0.167. The predicted octanol–water partition coefficient (Wildman–Crippen LogP) is 2.28. The van der Waals surface area contributed by atoms with Crippen molar-refractivity contribution in [2.45, 2.75) is 50.7 Å². The molecular formula is C14H22N2O3S. The highest BCUT2D eigenvalue weighted by Gasteiger charge is 2.43. The second-order valence-electron chi connectivity index (χ2n) is 6.21. The molecule has 5 nitrogen and oxygen atoms in total. The molecule has 2 fully saturated rings. The average Bonchev–Trinajstić information content (AvgIpc) is 3.07. The van der Waals surface area contributed by atoms with E-state index in [0.29, 0.717) is 19.1 Å². The summed E-state index contributed by atoms with van der Waals surface area (Å²) in [5, 5.41) is 14.9. The molecule has 1 spiro atoms. The van der Waals surface area contributed by atoms with Gasteiger partial charge in [-0.1, -0.05) is 18.3 Å². The van der Waals surface area contributed by atoms with Crippen molar-refractivity contribution in [2.24, 2.45) is 5.92 Å². The smallest absolute Gasteiger partial charge is 0.0947 e. The van der Waals surface area contributed by atoms with Gasteiger partial charge in [-0.25, -0.2) is 0 Å². The maximum absolute atomic E-state index is 10.7. The van der Waals surface area contributed by atoms with Crippen LogP contribution in [0, 0.1) is 5.92 Å². The fourth-order valence-electron chi connectivity index (χ4n) is 3.22. The fraction of sp³-hybridized carbons (Fsp3) is 0.857. The molecule has 20 heavy (non-hydrogen) atoms. The van der Waals surface area contributed by atoms with Crippen molar-refractivity contribution in [1.29, 1.82) is 0 Å². The van der Waals surface area contributed by atoms with Crippen LogP contribution < -0.4 is 0 Å². The van der Waals surface area contributed by atoms with Crippen LogP contribution >= 0.6 is 11.5 Å². The zero-order chi connectivity index (χ0) is 14.2. The van der Waals surface area contributed by atoms with E-state index in [9.17, 15) is 5.11 Å². The first-order chi connectivity index (χ1) is 9.61. The van der Waals surface area contributed by atoms with Crippen molar-refractivity contribution in [3.63, 3.8) is 0 Å². The van der Waals surface area contributed by atoms with Gasteiger partial charge in [0.2, 0.25) is 0 Å². The summed E-state index contributed by atoms with van der Waals surface area (Å²) in [4.78, 5) is 0.931. The van der Waals surface area contributed by atoms with Gasteiger partial charge in [0.05, 0.1) is 28.9 Å². The molecule has 0 aliphatic carbocycles. The lowest BCUT2D eigenvalue weighted by Gasteiger charge is -2.38. The molecular weight excluding hydrogens is 276 g/mol. The molecule has 0 amide bonds. The largest absolute Gasteiger partial charge is 0.387 e. The third-order valence-corrected chi connectivity index (χ3v) is 5.21. The third kappa shape index (κ3) is 2.62. The van der Waals surface area contributed by atoms with Gasteiger partial charge in [0.25, 0.3) is 0 Å². The number of aliphatic hydroxyl groups excluding tert-OH is 1. The summed E-state index contributed by atoms with van der Waals surface area (Å²) < 4.78 is 15.5. The van der Waals surface area contributed by atoms with Gasteiger partial charge in [-0.05, 0) is 36.2 Å². The van der Waals surface area contributed by atoms with Crippen molar-refractivity contribution < 1.29 is 14.6 Å². The maximum Gasteiger partial charge on any atom is 0.0947 e. The van der Waals surface area contributed by atoms with E-state index >= 15 is 0 Å². The first-order valence-corrected chi connectivity index (χ1v) is 8.10. The van der Waals surface area contributed by atoms with Crippen LogP contribution in [0.5, 0.6) is 0 Å². The van der Waals surface area contributed by atoms with Gasteiger partial charge in [-0.15, -0.1) is 5.10 Å². The molecule has 0 radical (unpaired) electrons. The minimum Gasteiger partial charge on any atom is -0.387 e. The molecule has 112 valence electrons. The van der Waals surface area contributed by atoms with Crippen LogP contribution in [-0.4, -0.2) is 40.1 Å². The van der Waals surface area contributed by atoms with E-state index in [-0.39, 0.29) is 11.5 Å². The zero-order valence-corrected chi connectivity index (χ0v) is 12.9. The predicted molar refractivity (Wildman–Crippen MR) is 75.8 cm³/mol. The van der Waals surface area contributed by atoms with Gasteiger partial charge in [0.1, 0.15) is 0 Å². The second-order valence-corrected chi connectivity index (χ2v) is 6.99. The highest BCUT2D eigenvalue weighted by Crippen LogP contribution is 2.42. The van der Waals surface area contributed by atoms with Gasteiger partial charge in [0.15, 0.2) is 0 Å². The first-order valence-electron chi connectivity index (χ1n) is 7.33. The first kappa shape index (κ1) is 14.4. The molecule has 3 unspecified atom stereocenters. The Bertz CT molecular complexity index is 457. The van der Waals surface area contributed by atoms with Crippen LogP contribution in [0.25, 0.3) is 0 Å². The number of aromatic nitrogens is 2. The van der Waals surface area contributed by atoms with E-state index in [1.807, 2.05) is 0 Å². The van der Waals surface area contributed by atoms with Crippen LogP contribution in [0.2, 0.25) is 0 Å². The molecule has 3 atom stereocenters. The Hall–Kier alpha value is -0.560. The Morgan fingerprint density at radius 1 is 1.40 bits per heavy atom. The van der Waals surface area contributed by atoms with E-state index in [1.54, 1.807) is 0 Å². The van der Waals surface area contributed by atoms with Crippen LogP contribution in [-0.2, 0) is 9.47 Å². The molecule has 0 saturated carbocycles. The quantitative estimate of drug-likeness (QED) is 0.927. The van der Waals surface area contributed by atoms with Crippen molar-refractivity contribution >= 4 is 11.5 Å². The molecule has 2 aliphatic rings. The molecule has 2 aliphatic heterocycles. The van der Waals surface area contributed by atoms with Crippen molar-refractivity contribution in [2.75, 3.05) is 19.8 Å². The van der Waals surface area contributed by atoms with Gasteiger partial charge < -0.3 is 14.6 Å². The van der Waals surface area contributed by atoms with Crippen LogP contribution in [0.4, 0.5) is 0 Å². The molecule has 3 rings (SSSR count). The number of aliphatic hydroxyl groups is 1. The zero-order valence-electron chi connectivity index (χ0n) is 12.0. The number of ether oxygens (including phenoxy) is 2. The van der Waals surface area contributed by atoms with E-state index in [1.165, 1.54) is 11.5 Å². The van der Waals surface area contributed by atoms with E-state index < -0.39 is 6.10 Å². The lowest BCUT2D eigenvalue weighted by molar-refractivity contribution is -0.116. The Balaban J connectivity index is 1.76. The van der Waals surface area contributed by atoms with Crippen molar-refractivity contribution in [1.82, 2.24) is 9.59 Å². The summed E-state index contributed by atoms with van der Waals surface area (Å²) in [5.41, 5.74) is 0.769. The summed E-state index contributed by atoms with van der Waals surface area (Å²) in [6, 6.07) is 0. The van der Waals surface area contributed by atoms with Gasteiger partial charge >= 0.3 is 0 Å². The number of rotatable bonds is 3. The Kier molecular flexibility index (Phi) is 4.08. The van der Waals surface area contributed by atoms with Crippen molar-refractivity contribution in [3.8, 4) is 0 Å².